The standard InChI is InChI=1S/C15H19BrO3/c1-10(6-7-17)12-8-15(19-11-4-3-5-11)14(18-2)9-13(12)16/h7-11H,3-6H2,1-2H3. The van der Waals surface area contributed by atoms with Gasteiger partial charge < -0.3 is 14.3 Å². The molecule has 19 heavy (non-hydrogen) atoms. The Morgan fingerprint density at radius 2 is 2.16 bits per heavy atom. The summed E-state index contributed by atoms with van der Waals surface area (Å²) in [6.45, 7) is 2.04. The van der Waals surface area contributed by atoms with E-state index in [1.54, 1.807) is 7.11 Å². The molecule has 0 saturated heterocycles. The third-order valence-electron chi connectivity index (χ3n) is 3.61. The van der Waals surface area contributed by atoms with E-state index in [2.05, 4.69) is 15.9 Å². The predicted octanol–water partition coefficient (Wildman–Crippen LogP) is 4.08. The Morgan fingerprint density at radius 1 is 1.42 bits per heavy atom. The van der Waals surface area contributed by atoms with E-state index in [1.165, 1.54) is 6.42 Å². The van der Waals surface area contributed by atoms with Gasteiger partial charge in [0.1, 0.15) is 6.29 Å². The number of carbonyl (C=O) groups is 1. The van der Waals surface area contributed by atoms with E-state index in [1.807, 2.05) is 19.1 Å². The van der Waals surface area contributed by atoms with Gasteiger partial charge in [-0.3, -0.25) is 0 Å². The molecule has 2 rings (SSSR count). The van der Waals surface area contributed by atoms with Crippen LogP contribution in [0.25, 0.3) is 0 Å². The molecule has 0 aromatic heterocycles. The van der Waals surface area contributed by atoms with Crippen molar-refractivity contribution in [1.29, 1.82) is 0 Å². The number of rotatable bonds is 6. The fraction of sp³-hybridized carbons (Fsp3) is 0.533. The van der Waals surface area contributed by atoms with E-state index in [0.29, 0.717) is 12.5 Å². The average molecular weight is 327 g/mol. The molecule has 0 amide bonds. The first-order valence-electron chi connectivity index (χ1n) is 6.63. The van der Waals surface area contributed by atoms with E-state index >= 15 is 0 Å². The van der Waals surface area contributed by atoms with Crippen LogP contribution in [0.2, 0.25) is 0 Å². The number of methoxy groups -OCH3 is 1. The quantitative estimate of drug-likeness (QED) is 0.739. The van der Waals surface area contributed by atoms with Crippen molar-refractivity contribution in [2.75, 3.05) is 7.11 Å². The number of hydrogen-bond acceptors (Lipinski definition) is 3. The summed E-state index contributed by atoms with van der Waals surface area (Å²) in [6.07, 6.45) is 5.22. The van der Waals surface area contributed by atoms with Gasteiger partial charge in [-0.15, -0.1) is 0 Å². The molecule has 0 heterocycles. The van der Waals surface area contributed by atoms with E-state index < -0.39 is 0 Å². The second kappa shape index (κ2) is 6.42. The van der Waals surface area contributed by atoms with Crippen molar-refractivity contribution in [2.45, 2.75) is 44.6 Å². The highest BCUT2D eigenvalue weighted by Gasteiger charge is 2.22. The van der Waals surface area contributed by atoms with Gasteiger partial charge in [-0.1, -0.05) is 22.9 Å². The maximum atomic E-state index is 10.7. The molecule has 0 spiro atoms. The highest BCUT2D eigenvalue weighted by atomic mass is 79.9. The van der Waals surface area contributed by atoms with E-state index in [9.17, 15) is 4.79 Å². The second-order valence-corrected chi connectivity index (χ2v) is 5.85. The van der Waals surface area contributed by atoms with Gasteiger partial charge in [0, 0.05) is 10.9 Å². The first kappa shape index (κ1) is 14.4. The molecule has 1 aliphatic carbocycles. The highest BCUT2D eigenvalue weighted by molar-refractivity contribution is 9.10. The Bertz CT molecular complexity index is 455. The van der Waals surface area contributed by atoms with Gasteiger partial charge in [0.25, 0.3) is 0 Å². The second-order valence-electron chi connectivity index (χ2n) is 5.00. The molecule has 1 unspecified atom stereocenters. The molecular weight excluding hydrogens is 308 g/mol. The van der Waals surface area contributed by atoms with Crippen molar-refractivity contribution < 1.29 is 14.3 Å². The van der Waals surface area contributed by atoms with Crippen molar-refractivity contribution >= 4 is 22.2 Å². The summed E-state index contributed by atoms with van der Waals surface area (Å²) in [5, 5.41) is 0. The van der Waals surface area contributed by atoms with Crippen LogP contribution in [0, 0.1) is 0 Å². The Kier molecular flexibility index (Phi) is 4.86. The minimum atomic E-state index is 0.168. The maximum absolute atomic E-state index is 10.7. The van der Waals surface area contributed by atoms with Gasteiger partial charge in [-0.2, -0.15) is 0 Å². The SMILES string of the molecule is COc1cc(Br)c(C(C)CC=O)cc1OC1CCC1. The Hall–Kier alpha value is -1.03. The van der Waals surface area contributed by atoms with E-state index in [4.69, 9.17) is 9.47 Å². The van der Waals surface area contributed by atoms with Crippen LogP contribution in [0.4, 0.5) is 0 Å². The average Bonchev–Trinajstić information content (AvgIpc) is 2.34. The van der Waals surface area contributed by atoms with E-state index in [0.717, 1.165) is 40.7 Å². The van der Waals surface area contributed by atoms with Gasteiger partial charge in [-0.05, 0) is 42.9 Å². The summed E-state index contributed by atoms with van der Waals surface area (Å²) in [5.41, 5.74) is 1.09. The van der Waals surface area contributed by atoms with Gasteiger partial charge in [-0.25, -0.2) is 0 Å². The van der Waals surface area contributed by atoms with Crippen LogP contribution in [-0.2, 0) is 4.79 Å². The lowest BCUT2D eigenvalue weighted by atomic mass is 9.95. The van der Waals surface area contributed by atoms with Crippen LogP contribution in [0.15, 0.2) is 16.6 Å². The summed E-state index contributed by atoms with van der Waals surface area (Å²) >= 11 is 3.54. The molecule has 0 N–H and O–H groups in total. The topological polar surface area (TPSA) is 35.5 Å². The molecule has 1 aliphatic rings. The third kappa shape index (κ3) is 3.30. The van der Waals surface area contributed by atoms with Gasteiger partial charge in [0.05, 0.1) is 13.2 Å². The summed E-state index contributed by atoms with van der Waals surface area (Å²) in [4.78, 5) is 10.7. The maximum Gasteiger partial charge on any atom is 0.161 e. The van der Waals surface area contributed by atoms with Gasteiger partial charge in [0.2, 0.25) is 0 Å². The largest absolute Gasteiger partial charge is 0.493 e. The molecule has 0 radical (unpaired) electrons. The zero-order valence-electron chi connectivity index (χ0n) is 11.3. The minimum Gasteiger partial charge on any atom is -0.493 e. The van der Waals surface area contributed by atoms with Crippen LogP contribution in [0.3, 0.4) is 0 Å². The lowest BCUT2D eigenvalue weighted by Crippen LogP contribution is -2.24. The van der Waals surface area contributed by atoms with Crippen molar-refractivity contribution in [3.05, 3.63) is 22.2 Å². The molecule has 3 nitrogen and oxygen atoms in total. The fourth-order valence-corrected chi connectivity index (χ4v) is 2.83. The number of ether oxygens (including phenoxy) is 2. The molecule has 1 aromatic carbocycles. The lowest BCUT2D eigenvalue weighted by Gasteiger charge is -2.28. The molecular formula is C15H19BrO3. The van der Waals surface area contributed by atoms with Gasteiger partial charge >= 0.3 is 0 Å². The Morgan fingerprint density at radius 3 is 2.68 bits per heavy atom. The van der Waals surface area contributed by atoms with Gasteiger partial charge in [0.15, 0.2) is 11.5 Å². The number of benzene rings is 1. The molecule has 1 fully saturated rings. The van der Waals surface area contributed by atoms with Crippen LogP contribution in [0.5, 0.6) is 11.5 Å². The van der Waals surface area contributed by atoms with Crippen molar-refractivity contribution in [2.24, 2.45) is 0 Å². The first-order chi connectivity index (χ1) is 9.15. The Balaban J connectivity index is 2.27. The molecule has 104 valence electrons. The monoisotopic (exact) mass is 326 g/mol. The lowest BCUT2D eigenvalue weighted by molar-refractivity contribution is -0.108. The molecule has 0 aliphatic heterocycles. The number of hydrogen-bond donors (Lipinski definition) is 0. The van der Waals surface area contributed by atoms with Crippen LogP contribution in [0.1, 0.15) is 44.1 Å². The van der Waals surface area contributed by atoms with Crippen molar-refractivity contribution in [3.8, 4) is 11.5 Å². The molecule has 1 aromatic rings. The molecule has 0 bridgehead atoms. The predicted molar refractivity (Wildman–Crippen MR) is 78.1 cm³/mol. The highest BCUT2D eigenvalue weighted by Crippen LogP contribution is 2.39. The van der Waals surface area contributed by atoms with Crippen molar-refractivity contribution in [1.82, 2.24) is 0 Å². The van der Waals surface area contributed by atoms with Crippen LogP contribution in [-0.4, -0.2) is 19.5 Å². The zero-order chi connectivity index (χ0) is 13.8. The number of carbonyl (C=O) groups excluding carboxylic acids is 1. The smallest absolute Gasteiger partial charge is 0.161 e. The zero-order valence-corrected chi connectivity index (χ0v) is 12.9. The Labute approximate surface area is 122 Å². The number of halogens is 1. The normalized spacial score (nSPS) is 16.6. The number of aldehydes is 1. The molecule has 4 heteroatoms. The van der Waals surface area contributed by atoms with Crippen molar-refractivity contribution in [3.63, 3.8) is 0 Å². The summed E-state index contributed by atoms with van der Waals surface area (Å²) in [7, 11) is 1.64. The molecule has 1 atom stereocenters. The van der Waals surface area contributed by atoms with Crippen LogP contribution >= 0.6 is 15.9 Å². The molecule has 1 saturated carbocycles. The first-order valence-corrected chi connectivity index (χ1v) is 7.42. The summed E-state index contributed by atoms with van der Waals surface area (Å²) in [5.74, 6) is 1.69. The third-order valence-corrected chi connectivity index (χ3v) is 4.30. The summed E-state index contributed by atoms with van der Waals surface area (Å²) < 4.78 is 12.3. The fourth-order valence-electron chi connectivity index (χ4n) is 2.12. The summed E-state index contributed by atoms with van der Waals surface area (Å²) in [6, 6.07) is 3.92. The minimum absolute atomic E-state index is 0.168. The van der Waals surface area contributed by atoms with Crippen LogP contribution < -0.4 is 9.47 Å². The van der Waals surface area contributed by atoms with E-state index in [-0.39, 0.29) is 5.92 Å².